The second-order valence-corrected chi connectivity index (χ2v) is 13.7. The van der Waals surface area contributed by atoms with E-state index in [9.17, 15) is 39.3 Å². The predicted molar refractivity (Wildman–Crippen MR) is 175 cm³/mol. The quantitative estimate of drug-likeness (QED) is 0.247. The standard InChI is InChI=1S/C34H46N4O10/c1-33(2,3)47-31(45)35-14-8-9-25-28(41)36-24(30(43)44)18-22-16-20(11-13-27(22)40)19-10-12-26(39)21(15-19)17-23(29(42)38(25)7)37-32(46)48-34(4,5)6/h10-13,15-16,23-25,39-40H,8-9,14,17-18H2,1-7H3,(H,35,45)(H,36,41)(H,37,46)(H,43,44)/t23-,24-,25-/m0/s1. The van der Waals surface area contributed by atoms with Crippen molar-refractivity contribution in [1.82, 2.24) is 20.9 Å². The highest BCUT2D eigenvalue weighted by molar-refractivity contribution is 5.93. The van der Waals surface area contributed by atoms with Gasteiger partial charge in [0.15, 0.2) is 0 Å². The number of carboxylic acids is 1. The summed E-state index contributed by atoms with van der Waals surface area (Å²) in [6.45, 7) is 10.2. The third kappa shape index (κ3) is 10.8. The van der Waals surface area contributed by atoms with Crippen LogP contribution in [-0.2, 0) is 36.7 Å². The number of alkyl carbamates (subject to hydrolysis) is 2. The summed E-state index contributed by atoms with van der Waals surface area (Å²) in [7, 11) is 1.34. The first-order valence-electron chi connectivity index (χ1n) is 15.6. The number of aliphatic carboxylic acids is 1. The number of fused-ring (bicyclic) bond motifs is 5. The number of hydrogen-bond acceptors (Lipinski definition) is 9. The molecule has 0 saturated heterocycles. The number of nitrogens with one attached hydrogen (secondary N) is 3. The van der Waals surface area contributed by atoms with Crippen molar-refractivity contribution in [2.45, 2.75) is 96.6 Å². The summed E-state index contributed by atoms with van der Waals surface area (Å²) in [6, 6.07) is 5.21. The maximum atomic E-state index is 14.1. The zero-order valence-electron chi connectivity index (χ0n) is 28.4. The highest BCUT2D eigenvalue weighted by Gasteiger charge is 2.35. The lowest BCUT2D eigenvalue weighted by Crippen LogP contribution is -2.57. The number of ether oxygens (including phenoxy) is 2. The Balaban J connectivity index is 2.06. The summed E-state index contributed by atoms with van der Waals surface area (Å²) in [5, 5.41) is 39.1. The van der Waals surface area contributed by atoms with Crippen LogP contribution in [0.2, 0.25) is 0 Å². The first-order valence-corrected chi connectivity index (χ1v) is 15.6. The molecule has 14 nitrogen and oxygen atoms in total. The molecule has 0 saturated carbocycles. The average Bonchev–Trinajstić information content (AvgIpc) is 2.95. The Bertz CT molecular complexity index is 1530. The number of amides is 4. The first-order chi connectivity index (χ1) is 22.2. The van der Waals surface area contributed by atoms with Crippen LogP contribution < -0.4 is 16.0 Å². The molecule has 1 aliphatic heterocycles. The predicted octanol–water partition coefficient (Wildman–Crippen LogP) is 3.46. The van der Waals surface area contributed by atoms with Gasteiger partial charge < -0.3 is 45.6 Å². The third-order valence-corrected chi connectivity index (χ3v) is 7.38. The highest BCUT2D eigenvalue weighted by Crippen LogP contribution is 2.31. The van der Waals surface area contributed by atoms with Gasteiger partial charge in [-0.25, -0.2) is 14.4 Å². The Morgan fingerprint density at radius 2 is 1.40 bits per heavy atom. The van der Waals surface area contributed by atoms with Crippen LogP contribution in [0.4, 0.5) is 9.59 Å². The van der Waals surface area contributed by atoms with Crippen LogP contribution in [0.1, 0.15) is 65.5 Å². The number of phenolic OH excluding ortho intramolecular Hbond substituents is 2. The molecule has 48 heavy (non-hydrogen) atoms. The van der Waals surface area contributed by atoms with E-state index >= 15 is 0 Å². The Morgan fingerprint density at radius 1 is 0.875 bits per heavy atom. The van der Waals surface area contributed by atoms with Gasteiger partial charge in [-0.05, 0) is 101 Å². The van der Waals surface area contributed by atoms with Crippen LogP contribution in [0.25, 0.3) is 11.1 Å². The summed E-state index contributed by atoms with van der Waals surface area (Å²) >= 11 is 0. The second-order valence-electron chi connectivity index (χ2n) is 13.7. The van der Waals surface area contributed by atoms with Gasteiger partial charge in [0.1, 0.15) is 40.8 Å². The molecule has 1 aliphatic rings. The van der Waals surface area contributed by atoms with Crippen molar-refractivity contribution in [3.63, 3.8) is 0 Å². The summed E-state index contributed by atoms with van der Waals surface area (Å²) in [5.41, 5.74) is 0.0755. The fraction of sp³-hybridized carbons (Fsp3) is 0.500. The van der Waals surface area contributed by atoms with Crippen LogP contribution in [0.5, 0.6) is 11.5 Å². The van der Waals surface area contributed by atoms with Crippen LogP contribution in [0.3, 0.4) is 0 Å². The van der Waals surface area contributed by atoms with Crippen LogP contribution in [0.15, 0.2) is 36.4 Å². The number of benzene rings is 2. The topological polar surface area (TPSA) is 204 Å². The molecule has 0 unspecified atom stereocenters. The van der Waals surface area contributed by atoms with E-state index in [0.29, 0.717) is 16.7 Å². The lowest BCUT2D eigenvalue weighted by molar-refractivity contribution is -0.144. The molecule has 0 aliphatic carbocycles. The molecule has 4 bridgehead atoms. The normalized spacial score (nSPS) is 18.9. The van der Waals surface area contributed by atoms with E-state index in [1.54, 1.807) is 65.8 Å². The second kappa shape index (κ2) is 15.3. The van der Waals surface area contributed by atoms with Gasteiger partial charge in [-0.15, -0.1) is 0 Å². The minimum Gasteiger partial charge on any atom is -0.508 e. The number of hydrogen-bond donors (Lipinski definition) is 6. The molecule has 262 valence electrons. The number of carbonyl (C=O) groups is 5. The summed E-state index contributed by atoms with van der Waals surface area (Å²) < 4.78 is 10.6. The van der Waals surface area contributed by atoms with Crippen LogP contribution in [0, 0.1) is 0 Å². The van der Waals surface area contributed by atoms with E-state index in [-0.39, 0.29) is 49.3 Å². The average molecular weight is 671 g/mol. The van der Waals surface area contributed by atoms with Gasteiger partial charge in [-0.1, -0.05) is 12.1 Å². The summed E-state index contributed by atoms with van der Waals surface area (Å²) in [4.78, 5) is 66.4. The zero-order valence-corrected chi connectivity index (χ0v) is 28.4. The first kappa shape index (κ1) is 37.4. The van der Waals surface area contributed by atoms with E-state index in [1.807, 2.05) is 0 Å². The molecule has 1 heterocycles. The third-order valence-electron chi connectivity index (χ3n) is 7.38. The Kier molecular flexibility index (Phi) is 11.9. The highest BCUT2D eigenvalue weighted by atomic mass is 16.6. The number of phenols is 2. The molecule has 2 aromatic carbocycles. The van der Waals surface area contributed by atoms with Gasteiger partial charge in [0, 0.05) is 26.4 Å². The van der Waals surface area contributed by atoms with E-state index < -0.39 is 59.3 Å². The van der Waals surface area contributed by atoms with E-state index in [2.05, 4.69) is 16.0 Å². The fourth-order valence-corrected chi connectivity index (χ4v) is 5.11. The van der Waals surface area contributed by atoms with E-state index in [4.69, 9.17) is 9.47 Å². The molecule has 3 atom stereocenters. The molecule has 2 aromatic rings. The molecule has 0 fully saturated rings. The van der Waals surface area contributed by atoms with Gasteiger partial charge in [0.25, 0.3) is 0 Å². The monoisotopic (exact) mass is 670 g/mol. The minimum absolute atomic E-state index is 0.0170. The van der Waals surface area contributed by atoms with Gasteiger partial charge >= 0.3 is 18.2 Å². The number of rotatable bonds is 6. The number of likely N-dealkylation sites (N-methyl/N-ethyl adjacent to an activating group) is 1. The maximum absolute atomic E-state index is 14.1. The number of aromatic hydroxyl groups is 2. The molecule has 0 radical (unpaired) electrons. The maximum Gasteiger partial charge on any atom is 0.408 e. The van der Waals surface area contributed by atoms with Crippen LogP contribution in [-0.4, -0.2) is 93.1 Å². The molecule has 14 heteroatoms. The smallest absolute Gasteiger partial charge is 0.408 e. The van der Waals surface area contributed by atoms with E-state index in [1.165, 1.54) is 19.2 Å². The lowest BCUT2D eigenvalue weighted by Gasteiger charge is -2.32. The van der Waals surface area contributed by atoms with Gasteiger partial charge in [0.2, 0.25) is 11.8 Å². The molecule has 0 aromatic heterocycles. The SMILES string of the molecule is CN1C(=O)[C@@H](NC(=O)OC(C)(C)C)Cc2cc(ccc2O)-c2ccc(O)c(c2)C[C@@H](C(=O)O)NC(=O)[C@@H]1CCCNC(=O)OC(C)(C)C. The number of carboxylic acid groups (broad SMARTS) is 1. The summed E-state index contributed by atoms with van der Waals surface area (Å²) in [6.07, 6.45) is -1.88. The Morgan fingerprint density at radius 3 is 1.92 bits per heavy atom. The molecule has 3 rings (SSSR count). The van der Waals surface area contributed by atoms with Crippen molar-refractivity contribution in [3.05, 3.63) is 47.5 Å². The summed E-state index contributed by atoms with van der Waals surface area (Å²) in [5.74, 6) is -3.22. The number of carbonyl (C=O) groups excluding carboxylic acids is 4. The molecular formula is C34H46N4O10. The Hall–Kier alpha value is -5.01. The van der Waals surface area contributed by atoms with Gasteiger partial charge in [0.05, 0.1) is 0 Å². The van der Waals surface area contributed by atoms with Crippen molar-refractivity contribution in [2.75, 3.05) is 13.6 Å². The van der Waals surface area contributed by atoms with Crippen molar-refractivity contribution in [2.24, 2.45) is 0 Å². The number of nitrogens with zero attached hydrogens (tertiary/aromatic N) is 1. The molecule has 6 N–H and O–H groups in total. The fourth-order valence-electron chi connectivity index (χ4n) is 5.11. The van der Waals surface area contributed by atoms with Crippen molar-refractivity contribution in [3.8, 4) is 22.6 Å². The van der Waals surface area contributed by atoms with Gasteiger partial charge in [-0.3, -0.25) is 9.59 Å². The molecule has 4 amide bonds. The van der Waals surface area contributed by atoms with E-state index in [0.717, 1.165) is 4.90 Å². The largest absolute Gasteiger partial charge is 0.508 e. The van der Waals surface area contributed by atoms with Crippen molar-refractivity contribution in [1.29, 1.82) is 0 Å². The zero-order chi connectivity index (χ0) is 36.0. The van der Waals surface area contributed by atoms with Crippen LogP contribution >= 0.6 is 0 Å². The van der Waals surface area contributed by atoms with Crippen molar-refractivity contribution >= 4 is 30.0 Å². The molecule has 0 spiro atoms. The lowest BCUT2D eigenvalue weighted by atomic mass is 9.95. The Labute approximate surface area is 279 Å². The molecular weight excluding hydrogens is 624 g/mol. The van der Waals surface area contributed by atoms with Crippen molar-refractivity contribution < 1.29 is 48.8 Å². The minimum atomic E-state index is -1.49. The van der Waals surface area contributed by atoms with Gasteiger partial charge in [-0.2, -0.15) is 0 Å².